The summed E-state index contributed by atoms with van der Waals surface area (Å²) in [4.78, 5) is 0. The highest BCUT2D eigenvalue weighted by Gasteiger charge is 2.02. The number of aromatic nitrogens is 2. The van der Waals surface area contributed by atoms with E-state index in [1.54, 1.807) is 0 Å². The molecule has 0 radical (unpaired) electrons. The summed E-state index contributed by atoms with van der Waals surface area (Å²) in [5.41, 5.74) is 5.55. The first-order valence-corrected chi connectivity index (χ1v) is 4.22. The maximum Gasteiger partial charge on any atom is 0.171 e. The molecule has 56 valence electrons. The average molecular weight is 175 g/mol. The second-order valence-corrected chi connectivity index (χ2v) is 3.95. The maximum absolute atomic E-state index is 5.55. The fourth-order valence-electron chi connectivity index (χ4n) is 0.603. The minimum Gasteiger partial charge on any atom is -0.328 e. The summed E-state index contributed by atoms with van der Waals surface area (Å²) >= 11 is 5.51. The van der Waals surface area contributed by atoms with Gasteiger partial charge < -0.3 is 5.73 Å². The van der Waals surface area contributed by atoms with Crippen LogP contribution in [0.15, 0.2) is 4.34 Å². The van der Waals surface area contributed by atoms with Gasteiger partial charge in [0.1, 0.15) is 5.01 Å². The molecule has 1 atom stereocenters. The van der Waals surface area contributed by atoms with E-state index in [-0.39, 0.29) is 6.04 Å². The van der Waals surface area contributed by atoms with Crippen LogP contribution in [0.25, 0.3) is 0 Å². The summed E-state index contributed by atoms with van der Waals surface area (Å²) < 4.78 is 0.704. The van der Waals surface area contributed by atoms with E-state index in [0.29, 0.717) is 4.34 Å². The zero-order chi connectivity index (χ0) is 7.56. The van der Waals surface area contributed by atoms with Crippen LogP contribution in [0.5, 0.6) is 0 Å². The van der Waals surface area contributed by atoms with Gasteiger partial charge in [-0.05, 0) is 6.92 Å². The van der Waals surface area contributed by atoms with Crippen molar-refractivity contribution in [2.45, 2.75) is 23.7 Å². The lowest BCUT2D eigenvalue weighted by Gasteiger charge is -1.97. The zero-order valence-corrected chi connectivity index (χ0v) is 7.32. The Kier molecular flexibility index (Phi) is 2.64. The lowest BCUT2D eigenvalue weighted by Crippen LogP contribution is -2.17. The van der Waals surface area contributed by atoms with Gasteiger partial charge in [0.05, 0.1) is 0 Å². The molecular formula is C5H9N3S2. The standard InChI is InChI=1S/C5H9N3S2/c1-3(6)2-4-7-8-5(9)10-4/h3H,2,6H2,1H3,(H,8,9). The first-order chi connectivity index (χ1) is 4.68. The predicted octanol–water partition coefficient (Wildman–Crippen LogP) is 0.716. The fraction of sp³-hybridized carbons (Fsp3) is 0.600. The van der Waals surface area contributed by atoms with Crippen LogP contribution in [0.3, 0.4) is 0 Å². The molecule has 1 unspecified atom stereocenters. The van der Waals surface area contributed by atoms with E-state index in [1.807, 2.05) is 6.92 Å². The SMILES string of the molecule is CC(N)Cc1nnc(S)s1. The molecule has 0 fully saturated rings. The van der Waals surface area contributed by atoms with E-state index >= 15 is 0 Å². The number of nitrogens with zero attached hydrogens (tertiary/aromatic N) is 2. The van der Waals surface area contributed by atoms with Crippen molar-refractivity contribution in [1.29, 1.82) is 0 Å². The Bertz CT molecular complexity index is 208. The number of hydrogen-bond acceptors (Lipinski definition) is 5. The van der Waals surface area contributed by atoms with Gasteiger partial charge in [0.25, 0.3) is 0 Å². The van der Waals surface area contributed by atoms with Gasteiger partial charge in [-0.2, -0.15) is 0 Å². The first kappa shape index (κ1) is 7.97. The molecule has 0 saturated heterocycles. The summed E-state index contributed by atoms with van der Waals surface area (Å²) in [6.07, 6.45) is 0.790. The summed E-state index contributed by atoms with van der Waals surface area (Å²) in [6, 6.07) is 0.153. The van der Waals surface area contributed by atoms with Crippen LogP contribution in [0, 0.1) is 0 Å². The summed E-state index contributed by atoms with van der Waals surface area (Å²) in [7, 11) is 0. The highest BCUT2D eigenvalue weighted by atomic mass is 32.2. The molecule has 2 N–H and O–H groups in total. The molecular weight excluding hydrogens is 166 g/mol. The lowest BCUT2D eigenvalue weighted by molar-refractivity contribution is 0.724. The van der Waals surface area contributed by atoms with E-state index in [1.165, 1.54) is 11.3 Å². The van der Waals surface area contributed by atoms with E-state index in [2.05, 4.69) is 22.8 Å². The van der Waals surface area contributed by atoms with Crippen molar-refractivity contribution < 1.29 is 0 Å². The van der Waals surface area contributed by atoms with Gasteiger partial charge in [-0.25, -0.2) is 0 Å². The molecule has 0 aromatic carbocycles. The zero-order valence-electron chi connectivity index (χ0n) is 5.61. The highest BCUT2D eigenvalue weighted by molar-refractivity contribution is 7.82. The fourth-order valence-corrected chi connectivity index (χ4v) is 1.68. The summed E-state index contributed by atoms with van der Waals surface area (Å²) in [6.45, 7) is 1.94. The van der Waals surface area contributed by atoms with Crippen molar-refractivity contribution in [3.05, 3.63) is 5.01 Å². The second kappa shape index (κ2) is 3.32. The molecule has 3 nitrogen and oxygen atoms in total. The summed E-state index contributed by atoms with van der Waals surface area (Å²) in [5.74, 6) is 0. The Hall–Kier alpha value is -0.130. The molecule has 1 aromatic heterocycles. The van der Waals surface area contributed by atoms with Crippen molar-refractivity contribution in [2.24, 2.45) is 5.73 Å². The molecule has 5 heteroatoms. The lowest BCUT2D eigenvalue weighted by atomic mass is 10.3. The Balaban J connectivity index is 2.58. The summed E-state index contributed by atoms with van der Waals surface area (Å²) in [5, 5.41) is 8.57. The van der Waals surface area contributed by atoms with Crippen LogP contribution in [-0.4, -0.2) is 16.2 Å². The van der Waals surface area contributed by atoms with Gasteiger partial charge >= 0.3 is 0 Å². The van der Waals surface area contributed by atoms with Gasteiger partial charge in [-0.15, -0.1) is 22.8 Å². The van der Waals surface area contributed by atoms with Crippen LogP contribution >= 0.6 is 24.0 Å². The predicted molar refractivity (Wildman–Crippen MR) is 44.5 cm³/mol. The van der Waals surface area contributed by atoms with Gasteiger partial charge in [0, 0.05) is 12.5 Å². The number of thiol groups is 1. The highest BCUT2D eigenvalue weighted by Crippen LogP contribution is 2.13. The normalized spacial score (nSPS) is 13.5. The topological polar surface area (TPSA) is 51.8 Å². The molecule has 10 heavy (non-hydrogen) atoms. The van der Waals surface area contributed by atoms with E-state index in [9.17, 15) is 0 Å². The minimum atomic E-state index is 0.153. The largest absolute Gasteiger partial charge is 0.328 e. The van der Waals surface area contributed by atoms with Gasteiger partial charge in [0.15, 0.2) is 4.34 Å². The Labute approximate surface area is 69.1 Å². The Morgan fingerprint density at radius 3 is 2.80 bits per heavy atom. The van der Waals surface area contributed by atoms with Crippen molar-refractivity contribution >= 4 is 24.0 Å². The maximum atomic E-state index is 5.55. The van der Waals surface area contributed by atoms with E-state index in [0.717, 1.165) is 11.4 Å². The quantitative estimate of drug-likeness (QED) is 0.651. The third-order valence-corrected chi connectivity index (χ3v) is 2.06. The van der Waals surface area contributed by atoms with Gasteiger partial charge in [-0.1, -0.05) is 11.3 Å². The van der Waals surface area contributed by atoms with E-state index < -0.39 is 0 Å². The van der Waals surface area contributed by atoms with Gasteiger partial charge in [-0.3, -0.25) is 0 Å². The molecule has 0 bridgehead atoms. The van der Waals surface area contributed by atoms with Crippen molar-refractivity contribution in [3.63, 3.8) is 0 Å². The van der Waals surface area contributed by atoms with Crippen LogP contribution in [0.2, 0.25) is 0 Å². The first-order valence-electron chi connectivity index (χ1n) is 2.95. The van der Waals surface area contributed by atoms with Gasteiger partial charge in [0.2, 0.25) is 0 Å². The average Bonchev–Trinajstić information content (AvgIpc) is 2.13. The number of rotatable bonds is 2. The number of hydrogen-bond donors (Lipinski definition) is 2. The third-order valence-electron chi connectivity index (χ3n) is 0.953. The molecule has 1 rings (SSSR count). The smallest absolute Gasteiger partial charge is 0.171 e. The van der Waals surface area contributed by atoms with Crippen LogP contribution in [0.4, 0.5) is 0 Å². The second-order valence-electron chi connectivity index (χ2n) is 2.16. The van der Waals surface area contributed by atoms with Crippen LogP contribution < -0.4 is 5.73 Å². The molecule has 0 amide bonds. The molecule has 0 spiro atoms. The Morgan fingerprint density at radius 2 is 2.40 bits per heavy atom. The molecule has 0 saturated carbocycles. The van der Waals surface area contributed by atoms with Crippen LogP contribution in [0.1, 0.15) is 11.9 Å². The van der Waals surface area contributed by atoms with Crippen molar-refractivity contribution in [2.75, 3.05) is 0 Å². The molecule has 0 aliphatic carbocycles. The molecule has 0 aliphatic heterocycles. The van der Waals surface area contributed by atoms with Crippen LogP contribution in [-0.2, 0) is 6.42 Å². The Morgan fingerprint density at radius 1 is 1.70 bits per heavy atom. The molecule has 1 heterocycles. The molecule has 1 aromatic rings. The number of nitrogens with two attached hydrogens (primary N) is 1. The van der Waals surface area contributed by atoms with Crippen molar-refractivity contribution in [1.82, 2.24) is 10.2 Å². The van der Waals surface area contributed by atoms with E-state index in [4.69, 9.17) is 5.73 Å². The molecule has 0 aliphatic rings. The third kappa shape index (κ3) is 2.24. The monoisotopic (exact) mass is 175 g/mol. The minimum absolute atomic E-state index is 0.153. The van der Waals surface area contributed by atoms with Crippen molar-refractivity contribution in [3.8, 4) is 0 Å².